The molecule has 1 rings (SSSR count). The molecule has 1 atom stereocenters. The highest BCUT2D eigenvalue weighted by molar-refractivity contribution is 5.77. The highest BCUT2D eigenvalue weighted by atomic mass is 16.5. The molecule has 12 heavy (non-hydrogen) atoms. The zero-order valence-corrected chi connectivity index (χ0v) is 6.65. The van der Waals surface area contributed by atoms with Gasteiger partial charge in [0.15, 0.2) is 0 Å². The van der Waals surface area contributed by atoms with Crippen molar-refractivity contribution < 1.29 is 9.53 Å². The minimum absolute atomic E-state index is 0.155. The number of esters is 1. The molecule has 0 fully saturated rings. The summed E-state index contributed by atoms with van der Waals surface area (Å²) in [6.45, 7) is 0.155. The molecule has 0 bridgehead atoms. The van der Waals surface area contributed by atoms with Crippen molar-refractivity contribution in [2.24, 2.45) is 5.73 Å². The van der Waals surface area contributed by atoms with Crippen molar-refractivity contribution in [1.29, 1.82) is 0 Å². The van der Waals surface area contributed by atoms with Gasteiger partial charge in [0.25, 0.3) is 0 Å². The Morgan fingerprint density at radius 3 is 3.08 bits per heavy atom. The summed E-state index contributed by atoms with van der Waals surface area (Å²) in [5.41, 5.74) is 5.35. The monoisotopic (exact) mass is 170 g/mol. The molecule has 1 aromatic rings. The van der Waals surface area contributed by atoms with Crippen LogP contribution in [0.15, 0.2) is 6.33 Å². The Kier molecular flexibility index (Phi) is 2.76. The number of hydrogen-bond acceptors (Lipinski definition) is 5. The molecule has 0 saturated carbocycles. The molecule has 0 spiro atoms. The smallest absolute Gasteiger partial charge is 0.317 e. The van der Waals surface area contributed by atoms with Crippen LogP contribution < -0.4 is 5.73 Å². The molecule has 0 radical (unpaired) electrons. The van der Waals surface area contributed by atoms with E-state index in [1.807, 2.05) is 0 Å². The lowest BCUT2D eigenvalue weighted by Gasteiger charge is -2.07. The third kappa shape index (κ3) is 1.59. The Morgan fingerprint density at radius 1 is 1.92 bits per heavy atom. The molecule has 1 heterocycles. The Balaban J connectivity index is 2.76. The van der Waals surface area contributed by atoms with Crippen molar-refractivity contribution in [3.8, 4) is 0 Å². The summed E-state index contributed by atoms with van der Waals surface area (Å²) >= 11 is 0. The van der Waals surface area contributed by atoms with Gasteiger partial charge < -0.3 is 10.5 Å². The highest BCUT2D eigenvalue weighted by Gasteiger charge is 2.21. The highest BCUT2D eigenvalue weighted by Crippen LogP contribution is 2.09. The predicted molar refractivity (Wildman–Crippen MR) is 40.2 cm³/mol. The summed E-state index contributed by atoms with van der Waals surface area (Å²) < 4.78 is 4.52. The van der Waals surface area contributed by atoms with Gasteiger partial charge in [0.1, 0.15) is 18.1 Å². The Labute approximate surface area is 69.1 Å². The van der Waals surface area contributed by atoms with Gasteiger partial charge in [0.2, 0.25) is 0 Å². The topological polar surface area (TPSA) is 93.9 Å². The maximum atomic E-state index is 11.1. The summed E-state index contributed by atoms with van der Waals surface area (Å²) in [6, 6.07) is 0. The molecule has 0 aromatic carbocycles. The lowest BCUT2D eigenvalue weighted by atomic mass is 10.1. The first-order valence-electron chi connectivity index (χ1n) is 3.42. The third-order valence-electron chi connectivity index (χ3n) is 1.49. The molecule has 1 aromatic heterocycles. The molecule has 3 N–H and O–H groups in total. The van der Waals surface area contributed by atoms with E-state index in [-0.39, 0.29) is 6.54 Å². The first kappa shape index (κ1) is 8.66. The molecular formula is C6H10N4O2. The number of nitrogens with one attached hydrogen (secondary N) is 1. The van der Waals surface area contributed by atoms with Crippen LogP contribution in [0.3, 0.4) is 0 Å². The normalized spacial score (nSPS) is 12.5. The fraction of sp³-hybridized carbons (Fsp3) is 0.500. The van der Waals surface area contributed by atoms with Gasteiger partial charge in [-0.05, 0) is 0 Å². The number of nitrogens with two attached hydrogens (primary N) is 1. The van der Waals surface area contributed by atoms with Crippen LogP contribution in [-0.2, 0) is 9.53 Å². The SMILES string of the molecule is COC(=O)C(CN)c1ncn[nH]1. The van der Waals surface area contributed by atoms with Crippen LogP contribution >= 0.6 is 0 Å². The minimum Gasteiger partial charge on any atom is -0.468 e. The summed E-state index contributed by atoms with van der Waals surface area (Å²) in [5.74, 6) is -0.518. The molecule has 1 unspecified atom stereocenters. The Hall–Kier alpha value is -1.43. The average molecular weight is 170 g/mol. The van der Waals surface area contributed by atoms with E-state index in [1.165, 1.54) is 13.4 Å². The van der Waals surface area contributed by atoms with E-state index in [2.05, 4.69) is 19.9 Å². The van der Waals surface area contributed by atoms with Crippen LogP contribution in [0.1, 0.15) is 11.7 Å². The first-order chi connectivity index (χ1) is 5.79. The van der Waals surface area contributed by atoms with Crippen LogP contribution in [0.5, 0.6) is 0 Å². The van der Waals surface area contributed by atoms with Crippen molar-refractivity contribution in [3.05, 3.63) is 12.2 Å². The number of methoxy groups -OCH3 is 1. The van der Waals surface area contributed by atoms with Gasteiger partial charge in [-0.3, -0.25) is 9.89 Å². The summed E-state index contributed by atoms with van der Waals surface area (Å²) in [7, 11) is 1.31. The number of H-pyrrole nitrogens is 1. The first-order valence-corrected chi connectivity index (χ1v) is 3.42. The van der Waals surface area contributed by atoms with Crippen molar-refractivity contribution in [2.45, 2.75) is 5.92 Å². The van der Waals surface area contributed by atoms with Gasteiger partial charge in [0, 0.05) is 6.54 Å². The largest absolute Gasteiger partial charge is 0.468 e. The molecule has 66 valence electrons. The number of ether oxygens (including phenoxy) is 1. The second kappa shape index (κ2) is 3.82. The minimum atomic E-state index is -0.544. The number of hydrogen-bond donors (Lipinski definition) is 2. The van der Waals surface area contributed by atoms with Crippen LogP contribution in [0.25, 0.3) is 0 Å². The summed E-state index contributed by atoms with van der Waals surface area (Å²) in [5, 5.41) is 6.17. The van der Waals surface area contributed by atoms with E-state index in [4.69, 9.17) is 5.73 Å². The van der Waals surface area contributed by atoms with Gasteiger partial charge in [-0.1, -0.05) is 0 Å². The maximum absolute atomic E-state index is 11.1. The fourth-order valence-corrected chi connectivity index (χ4v) is 0.845. The molecular weight excluding hydrogens is 160 g/mol. The third-order valence-corrected chi connectivity index (χ3v) is 1.49. The van der Waals surface area contributed by atoms with Gasteiger partial charge in [-0.25, -0.2) is 4.98 Å². The van der Waals surface area contributed by atoms with E-state index in [9.17, 15) is 4.79 Å². The van der Waals surface area contributed by atoms with E-state index in [0.717, 1.165) is 0 Å². The van der Waals surface area contributed by atoms with Crippen LogP contribution in [-0.4, -0.2) is 34.8 Å². The number of nitrogens with zero attached hydrogens (tertiary/aromatic N) is 2. The summed E-state index contributed by atoms with van der Waals surface area (Å²) in [6.07, 6.45) is 1.32. The maximum Gasteiger partial charge on any atom is 0.317 e. The van der Waals surface area contributed by atoms with Crippen LogP contribution in [0, 0.1) is 0 Å². The predicted octanol–water partition coefficient (Wildman–Crippen LogP) is -0.980. The lowest BCUT2D eigenvalue weighted by molar-refractivity contribution is -0.142. The number of aromatic nitrogens is 3. The number of rotatable bonds is 3. The quantitative estimate of drug-likeness (QED) is 0.568. The van der Waals surface area contributed by atoms with Gasteiger partial charge in [0.05, 0.1) is 7.11 Å². The molecule has 6 heteroatoms. The van der Waals surface area contributed by atoms with E-state index >= 15 is 0 Å². The van der Waals surface area contributed by atoms with E-state index in [0.29, 0.717) is 5.82 Å². The molecule has 0 aliphatic heterocycles. The molecule has 0 aliphatic rings. The lowest BCUT2D eigenvalue weighted by Crippen LogP contribution is -2.23. The molecule has 6 nitrogen and oxygen atoms in total. The van der Waals surface area contributed by atoms with E-state index < -0.39 is 11.9 Å². The number of aromatic amines is 1. The Bertz CT molecular complexity index is 246. The molecule has 0 saturated heterocycles. The van der Waals surface area contributed by atoms with Crippen molar-refractivity contribution in [1.82, 2.24) is 15.2 Å². The van der Waals surface area contributed by atoms with Crippen LogP contribution in [0.2, 0.25) is 0 Å². The molecule has 0 amide bonds. The van der Waals surface area contributed by atoms with Gasteiger partial charge in [-0.2, -0.15) is 5.10 Å². The number of carbonyl (C=O) groups is 1. The second-order valence-corrected chi connectivity index (χ2v) is 2.18. The Morgan fingerprint density at radius 2 is 2.67 bits per heavy atom. The average Bonchev–Trinajstić information content (AvgIpc) is 2.58. The second-order valence-electron chi connectivity index (χ2n) is 2.18. The van der Waals surface area contributed by atoms with E-state index in [1.54, 1.807) is 0 Å². The fourth-order valence-electron chi connectivity index (χ4n) is 0.845. The summed E-state index contributed by atoms with van der Waals surface area (Å²) in [4.78, 5) is 14.9. The van der Waals surface area contributed by atoms with Crippen molar-refractivity contribution >= 4 is 5.97 Å². The van der Waals surface area contributed by atoms with Crippen molar-refractivity contribution in [3.63, 3.8) is 0 Å². The van der Waals surface area contributed by atoms with Crippen molar-refractivity contribution in [2.75, 3.05) is 13.7 Å². The van der Waals surface area contributed by atoms with Gasteiger partial charge in [-0.15, -0.1) is 0 Å². The zero-order valence-electron chi connectivity index (χ0n) is 6.65. The van der Waals surface area contributed by atoms with Crippen LogP contribution in [0.4, 0.5) is 0 Å². The zero-order chi connectivity index (χ0) is 8.97. The standard InChI is InChI=1S/C6H10N4O2/c1-12-6(11)4(2-7)5-8-3-9-10-5/h3-4H,2,7H2,1H3,(H,8,9,10). The number of carbonyl (C=O) groups excluding carboxylic acids is 1. The molecule has 0 aliphatic carbocycles. The van der Waals surface area contributed by atoms with Gasteiger partial charge >= 0.3 is 5.97 Å².